The highest BCUT2D eigenvalue weighted by Gasteiger charge is 2.34. The van der Waals surface area contributed by atoms with Crippen LogP contribution in [0.1, 0.15) is 33.6 Å². The third-order valence-corrected chi connectivity index (χ3v) is 3.37. The van der Waals surface area contributed by atoms with Crippen molar-refractivity contribution in [1.82, 2.24) is 15.5 Å². The monoisotopic (exact) mass is 325 g/mol. The van der Waals surface area contributed by atoms with Crippen LogP contribution in [0.15, 0.2) is 24.3 Å². The second-order valence-electron chi connectivity index (χ2n) is 4.86. The molecule has 0 spiro atoms. The summed E-state index contributed by atoms with van der Waals surface area (Å²) in [4.78, 5) is 36.9. The van der Waals surface area contributed by atoms with Crippen LogP contribution in [0, 0.1) is 0 Å². The molecular weight excluding hydrogens is 306 g/mol. The molecule has 1 aliphatic rings. The van der Waals surface area contributed by atoms with Crippen LogP contribution < -0.4 is 10.6 Å². The van der Waals surface area contributed by atoms with Gasteiger partial charge in [-0.3, -0.25) is 19.3 Å². The van der Waals surface area contributed by atoms with Crippen molar-refractivity contribution in [3.05, 3.63) is 35.4 Å². The highest BCUT2D eigenvalue weighted by molar-refractivity contribution is 6.21. The smallest absolute Gasteiger partial charge is 0.261 e. The molecule has 22 heavy (non-hydrogen) atoms. The van der Waals surface area contributed by atoms with Gasteiger partial charge in [0, 0.05) is 19.5 Å². The van der Waals surface area contributed by atoms with E-state index in [9.17, 15) is 14.4 Å². The Hall–Kier alpha value is -1.92. The van der Waals surface area contributed by atoms with Crippen LogP contribution in [0.2, 0.25) is 0 Å². The fourth-order valence-corrected chi connectivity index (χ4v) is 2.26. The lowest BCUT2D eigenvalue weighted by atomic mass is 10.1. The Morgan fingerprint density at radius 3 is 2.23 bits per heavy atom. The number of imide groups is 1. The number of nitrogens with zero attached hydrogens (tertiary/aromatic N) is 1. The number of hydrogen-bond donors (Lipinski definition) is 2. The van der Waals surface area contributed by atoms with Gasteiger partial charge in [-0.25, -0.2) is 0 Å². The molecule has 0 saturated heterocycles. The Bertz CT molecular complexity index is 528. The van der Waals surface area contributed by atoms with Crippen molar-refractivity contribution >= 4 is 30.1 Å². The fourth-order valence-electron chi connectivity index (χ4n) is 2.26. The third kappa shape index (κ3) is 4.05. The van der Waals surface area contributed by atoms with E-state index in [2.05, 4.69) is 10.6 Å². The van der Waals surface area contributed by atoms with Crippen molar-refractivity contribution in [2.45, 2.75) is 12.8 Å². The molecule has 1 aromatic rings. The summed E-state index contributed by atoms with van der Waals surface area (Å²) in [6, 6.07) is 6.76. The van der Waals surface area contributed by atoms with E-state index in [-0.39, 0.29) is 43.2 Å². The minimum absolute atomic E-state index is 0. The predicted octanol–water partition coefficient (Wildman–Crippen LogP) is 0.820. The molecule has 0 saturated carbocycles. The molecule has 6 nitrogen and oxygen atoms in total. The van der Waals surface area contributed by atoms with E-state index in [0.29, 0.717) is 17.5 Å². The van der Waals surface area contributed by atoms with Crippen LogP contribution in [0.4, 0.5) is 0 Å². The van der Waals surface area contributed by atoms with Gasteiger partial charge in [0.25, 0.3) is 11.8 Å². The number of amides is 3. The maximum absolute atomic E-state index is 12.1. The molecule has 1 heterocycles. The summed E-state index contributed by atoms with van der Waals surface area (Å²) in [5.41, 5.74) is 0.866. The Kier molecular flexibility index (Phi) is 7.01. The number of fused-ring (bicyclic) bond motifs is 1. The molecule has 0 fully saturated rings. The van der Waals surface area contributed by atoms with Gasteiger partial charge in [0.15, 0.2) is 0 Å². The van der Waals surface area contributed by atoms with Crippen molar-refractivity contribution in [3.8, 4) is 0 Å². The minimum atomic E-state index is -0.292. The van der Waals surface area contributed by atoms with Crippen LogP contribution in [0.5, 0.6) is 0 Å². The van der Waals surface area contributed by atoms with Crippen LogP contribution in [-0.2, 0) is 4.79 Å². The summed E-state index contributed by atoms with van der Waals surface area (Å²) >= 11 is 0. The second-order valence-corrected chi connectivity index (χ2v) is 4.86. The van der Waals surface area contributed by atoms with Crippen LogP contribution in [0.25, 0.3) is 0 Å². The summed E-state index contributed by atoms with van der Waals surface area (Å²) in [7, 11) is 1.83. The number of hydrogen-bond acceptors (Lipinski definition) is 4. The summed E-state index contributed by atoms with van der Waals surface area (Å²) < 4.78 is 0. The van der Waals surface area contributed by atoms with Gasteiger partial charge in [0.2, 0.25) is 5.91 Å². The number of carbonyl (C=O) groups is 3. The molecule has 2 rings (SSSR count). The fraction of sp³-hybridized carbons (Fsp3) is 0.400. The molecule has 0 aliphatic carbocycles. The average molecular weight is 326 g/mol. The molecule has 0 unspecified atom stereocenters. The quantitative estimate of drug-likeness (QED) is 0.574. The maximum atomic E-state index is 12.1. The molecule has 0 radical (unpaired) electrons. The Labute approximate surface area is 135 Å². The minimum Gasteiger partial charge on any atom is -0.354 e. The first-order chi connectivity index (χ1) is 10.1. The Morgan fingerprint density at radius 2 is 1.68 bits per heavy atom. The topological polar surface area (TPSA) is 78.5 Å². The summed E-state index contributed by atoms with van der Waals surface area (Å²) in [5.74, 6) is -0.651. The Balaban J connectivity index is 0.00000242. The zero-order chi connectivity index (χ0) is 15.2. The molecule has 3 amide bonds. The van der Waals surface area contributed by atoms with Crippen LogP contribution in [-0.4, -0.2) is 49.3 Å². The lowest BCUT2D eigenvalue weighted by Crippen LogP contribution is -2.38. The van der Waals surface area contributed by atoms with Gasteiger partial charge in [-0.1, -0.05) is 12.1 Å². The third-order valence-electron chi connectivity index (χ3n) is 3.37. The van der Waals surface area contributed by atoms with Crippen molar-refractivity contribution in [3.63, 3.8) is 0 Å². The van der Waals surface area contributed by atoms with Gasteiger partial charge in [0.05, 0.1) is 11.1 Å². The molecule has 1 aromatic carbocycles. The van der Waals surface area contributed by atoms with E-state index in [0.717, 1.165) is 13.0 Å². The first-order valence-electron chi connectivity index (χ1n) is 7.01. The summed E-state index contributed by atoms with van der Waals surface area (Å²) in [6.07, 6.45) is 1.19. The molecule has 1 aliphatic heterocycles. The summed E-state index contributed by atoms with van der Waals surface area (Å²) in [6.45, 7) is 1.26. The first kappa shape index (κ1) is 18.1. The number of carbonyl (C=O) groups excluding carboxylic acids is 3. The zero-order valence-electron chi connectivity index (χ0n) is 12.4. The first-order valence-corrected chi connectivity index (χ1v) is 7.01. The van der Waals surface area contributed by atoms with E-state index < -0.39 is 0 Å². The van der Waals surface area contributed by atoms with E-state index in [1.54, 1.807) is 24.3 Å². The van der Waals surface area contributed by atoms with E-state index in [1.807, 2.05) is 7.05 Å². The van der Waals surface area contributed by atoms with Gasteiger partial charge < -0.3 is 10.6 Å². The highest BCUT2D eigenvalue weighted by Crippen LogP contribution is 2.21. The van der Waals surface area contributed by atoms with Crippen LogP contribution >= 0.6 is 12.4 Å². The zero-order valence-corrected chi connectivity index (χ0v) is 13.2. The normalized spacial score (nSPS) is 12.9. The molecule has 0 atom stereocenters. The molecule has 7 heteroatoms. The predicted molar refractivity (Wildman–Crippen MR) is 85.2 cm³/mol. The maximum Gasteiger partial charge on any atom is 0.261 e. The lowest BCUT2D eigenvalue weighted by Gasteiger charge is -2.14. The van der Waals surface area contributed by atoms with E-state index >= 15 is 0 Å². The number of halogens is 1. The van der Waals surface area contributed by atoms with Gasteiger partial charge in [-0.15, -0.1) is 12.4 Å². The van der Waals surface area contributed by atoms with Crippen molar-refractivity contribution in [2.24, 2.45) is 0 Å². The highest BCUT2D eigenvalue weighted by atomic mass is 35.5. The van der Waals surface area contributed by atoms with Gasteiger partial charge >= 0.3 is 0 Å². The SMILES string of the molecule is CNCCCC(=O)NCCN1C(=O)c2ccccc2C1=O.Cl. The van der Waals surface area contributed by atoms with Crippen molar-refractivity contribution < 1.29 is 14.4 Å². The van der Waals surface area contributed by atoms with Crippen molar-refractivity contribution in [2.75, 3.05) is 26.7 Å². The number of nitrogens with one attached hydrogen (secondary N) is 2. The average Bonchev–Trinajstić information content (AvgIpc) is 2.73. The molecule has 0 bridgehead atoms. The van der Waals surface area contributed by atoms with E-state index in [4.69, 9.17) is 0 Å². The molecular formula is C15H20ClN3O3. The molecule has 0 aromatic heterocycles. The Morgan fingerprint density at radius 1 is 1.09 bits per heavy atom. The van der Waals surface area contributed by atoms with Crippen molar-refractivity contribution in [1.29, 1.82) is 0 Å². The molecule has 120 valence electrons. The standard InChI is InChI=1S/C15H19N3O3.ClH/c1-16-8-4-7-13(19)17-9-10-18-14(20)11-5-2-3-6-12(11)15(18)21;/h2-3,5-6,16H,4,7-10H2,1H3,(H,17,19);1H. The largest absolute Gasteiger partial charge is 0.354 e. The number of rotatable bonds is 7. The molecule has 2 N–H and O–H groups in total. The second kappa shape index (κ2) is 8.51. The van der Waals surface area contributed by atoms with Gasteiger partial charge in [0.1, 0.15) is 0 Å². The van der Waals surface area contributed by atoms with Gasteiger partial charge in [-0.05, 0) is 32.1 Å². The lowest BCUT2D eigenvalue weighted by molar-refractivity contribution is -0.121. The van der Waals surface area contributed by atoms with Gasteiger partial charge in [-0.2, -0.15) is 0 Å². The van der Waals surface area contributed by atoms with E-state index in [1.165, 1.54) is 4.90 Å². The number of benzene rings is 1. The van der Waals surface area contributed by atoms with Crippen LogP contribution in [0.3, 0.4) is 0 Å². The summed E-state index contributed by atoms with van der Waals surface area (Å²) in [5, 5.41) is 5.69.